The van der Waals surface area contributed by atoms with Crippen LogP contribution in [0.25, 0.3) is 0 Å². The van der Waals surface area contributed by atoms with Crippen molar-refractivity contribution in [3.8, 4) is 0 Å². The van der Waals surface area contributed by atoms with Crippen LogP contribution in [-0.2, 0) is 20.1 Å². The SMILES string of the molecule is CN(Cc1nnc(C2CC2)n1C)C1CCN(Cc2cccc(F)c2)C1. The summed E-state index contributed by atoms with van der Waals surface area (Å²) >= 11 is 0. The molecule has 1 atom stereocenters. The Bertz CT molecular complexity index is 739. The average molecular weight is 343 g/mol. The lowest BCUT2D eigenvalue weighted by molar-refractivity contribution is 0.216. The second-order valence-electron chi connectivity index (χ2n) is 7.53. The monoisotopic (exact) mass is 343 g/mol. The van der Waals surface area contributed by atoms with Crippen LogP contribution in [0.3, 0.4) is 0 Å². The highest BCUT2D eigenvalue weighted by Gasteiger charge is 2.30. The van der Waals surface area contributed by atoms with Crippen LogP contribution in [0, 0.1) is 5.82 Å². The molecule has 2 aliphatic rings. The maximum Gasteiger partial charge on any atom is 0.146 e. The fourth-order valence-corrected chi connectivity index (χ4v) is 3.77. The van der Waals surface area contributed by atoms with Gasteiger partial charge in [0.05, 0.1) is 6.54 Å². The summed E-state index contributed by atoms with van der Waals surface area (Å²) in [6.45, 7) is 3.71. The summed E-state index contributed by atoms with van der Waals surface area (Å²) in [6.07, 6.45) is 3.64. The molecule has 1 saturated heterocycles. The molecular weight excluding hydrogens is 317 g/mol. The zero-order chi connectivity index (χ0) is 17.4. The van der Waals surface area contributed by atoms with Gasteiger partial charge >= 0.3 is 0 Å². The maximum absolute atomic E-state index is 13.3. The van der Waals surface area contributed by atoms with Crippen molar-refractivity contribution in [3.05, 3.63) is 47.3 Å². The van der Waals surface area contributed by atoms with Crippen LogP contribution >= 0.6 is 0 Å². The van der Waals surface area contributed by atoms with E-state index in [-0.39, 0.29) is 5.82 Å². The molecule has 2 fully saturated rings. The van der Waals surface area contributed by atoms with Gasteiger partial charge in [-0.15, -0.1) is 10.2 Å². The maximum atomic E-state index is 13.3. The number of halogens is 1. The second-order valence-corrected chi connectivity index (χ2v) is 7.53. The van der Waals surface area contributed by atoms with Crippen molar-refractivity contribution in [2.24, 2.45) is 7.05 Å². The lowest BCUT2D eigenvalue weighted by atomic mass is 10.2. The van der Waals surface area contributed by atoms with E-state index in [1.165, 1.54) is 18.9 Å². The molecule has 2 heterocycles. The van der Waals surface area contributed by atoms with E-state index in [1.54, 1.807) is 12.1 Å². The molecule has 2 aromatic rings. The van der Waals surface area contributed by atoms with Gasteiger partial charge in [0.2, 0.25) is 0 Å². The molecule has 0 N–H and O–H groups in total. The number of likely N-dealkylation sites (N-methyl/N-ethyl adjacent to an activating group) is 1. The first-order valence-electron chi connectivity index (χ1n) is 9.15. The molecule has 0 bridgehead atoms. The predicted octanol–water partition coefficient (Wildman–Crippen LogP) is 2.54. The van der Waals surface area contributed by atoms with E-state index < -0.39 is 0 Å². The van der Waals surface area contributed by atoms with Crippen LogP contribution < -0.4 is 0 Å². The number of benzene rings is 1. The van der Waals surface area contributed by atoms with Crippen molar-refractivity contribution in [1.82, 2.24) is 24.6 Å². The molecule has 6 heteroatoms. The van der Waals surface area contributed by atoms with Crippen LogP contribution in [0.15, 0.2) is 24.3 Å². The second kappa shape index (κ2) is 6.84. The van der Waals surface area contributed by atoms with Crippen molar-refractivity contribution in [3.63, 3.8) is 0 Å². The van der Waals surface area contributed by atoms with Crippen LogP contribution in [0.2, 0.25) is 0 Å². The quantitative estimate of drug-likeness (QED) is 0.808. The standard InChI is InChI=1S/C19H26FN5/c1-23(13-18-21-22-19(24(18)2)15-6-7-15)17-8-9-25(12-17)11-14-4-3-5-16(20)10-14/h3-5,10,15,17H,6-9,11-13H2,1-2H3. The number of hydrogen-bond donors (Lipinski definition) is 0. The van der Waals surface area contributed by atoms with Crippen molar-refractivity contribution in [2.75, 3.05) is 20.1 Å². The van der Waals surface area contributed by atoms with Gasteiger partial charge < -0.3 is 4.57 Å². The smallest absolute Gasteiger partial charge is 0.146 e. The molecule has 25 heavy (non-hydrogen) atoms. The summed E-state index contributed by atoms with van der Waals surface area (Å²) in [7, 11) is 4.25. The number of rotatable bonds is 6. The molecule has 0 radical (unpaired) electrons. The van der Waals surface area contributed by atoms with E-state index in [1.807, 2.05) is 6.07 Å². The summed E-state index contributed by atoms with van der Waals surface area (Å²) in [5, 5.41) is 8.78. The Labute approximate surface area is 148 Å². The zero-order valence-corrected chi connectivity index (χ0v) is 15.0. The van der Waals surface area contributed by atoms with Crippen LogP contribution in [-0.4, -0.2) is 50.7 Å². The van der Waals surface area contributed by atoms with Gasteiger partial charge in [-0.1, -0.05) is 12.1 Å². The third-order valence-corrected chi connectivity index (χ3v) is 5.50. The molecule has 1 saturated carbocycles. The van der Waals surface area contributed by atoms with E-state index in [4.69, 9.17) is 0 Å². The van der Waals surface area contributed by atoms with E-state index in [9.17, 15) is 4.39 Å². The van der Waals surface area contributed by atoms with Gasteiger partial charge in [-0.05, 0) is 44.0 Å². The minimum Gasteiger partial charge on any atom is -0.317 e. The number of aromatic nitrogens is 3. The highest BCUT2D eigenvalue weighted by atomic mass is 19.1. The molecule has 0 spiro atoms. The number of likely N-dealkylation sites (tertiary alicyclic amines) is 1. The molecule has 0 amide bonds. The van der Waals surface area contributed by atoms with Crippen LogP contribution in [0.4, 0.5) is 4.39 Å². The van der Waals surface area contributed by atoms with Gasteiger partial charge in [-0.25, -0.2) is 4.39 Å². The van der Waals surface area contributed by atoms with E-state index in [2.05, 4.69) is 38.7 Å². The van der Waals surface area contributed by atoms with E-state index >= 15 is 0 Å². The Balaban J connectivity index is 1.33. The molecule has 1 aromatic carbocycles. The summed E-state index contributed by atoms with van der Waals surface area (Å²) < 4.78 is 15.5. The Morgan fingerprint density at radius 2 is 2.08 bits per heavy atom. The van der Waals surface area contributed by atoms with Crippen molar-refractivity contribution in [2.45, 2.75) is 44.3 Å². The van der Waals surface area contributed by atoms with Crippen molar-refractivity contribution >= 4 is 0 Å². The largest absolute Gasteiger partial charge is 0.317 e. The highest BCUT2D eigenvalue weighted by molar-refractivity contribution is 5.16. The van der Waals surface area contributed by atoms with E-state index in [0.29, 0.717) is 12.0 Å². The first-order chi connectivity index (χ1) is 12.1. The molecule has 1 aliphatic carbocycles. The highest BCUT2D eigenvalue weighted by Crippen LogP contribution is 2.38. The van der Waals surface area contributed by atoms with Gasteiger partial charge in [0.15, 0.2) is 0 Å². The minimum atomic E-state index is -0.154. The summed E-state index contributed by atoms with van der Waals surface area (Å²) in [4.78, 5) is 4.79. The van der Waals surface area contributed by atoms with Gasteiger partial charge in [0.25, 0.3) is 0 Å². The third kappa shape index (κ3) is 3.75. The molecule has 4 rings (SSSR count). The lowest BCUT2D eigenvalue weighted by Crippen LogP contribution is -2.34. The summed E-state index contributed by atoms with van der Waals surface area (Å²) in [5.74, 6) is 2.67. The first-order valence-corrected chi connectivity index (χ1v) is 9.15. The molecule has 1 aromatic heterocycles. The van der Waals surface area contributed by atoms with Gasteiger partial charge in [-0.2, -0.15) is 0 Å². The number of hydrogen-bond acceptors (Lipinski definition) is 4. The topological polar surface area (TPSA) is 37.2 Å². The van der Waals surface area contributed by atoms with Crippen molar-refractivity contribution in [1.29, 1.82) is 0 Å². The Kier molecular flexibility index (Phi) is 4.56. The summed E-state index contributed by atoms with van der Waals surface area (Å²) in [5.41, 5.74) is 1.05. The average Bonchev–Trinajstić information content (AvgIpc) is 3.21. The molecule has 1 aliphatic heterocycles. The Hall–Kier alpha value is -1.79. The van der Waals surface area contributed by atoms with Gasteiger partial charge in [-0.3, -0.25) is 9.80 Å². The van der Waals surface area contributed by atoms with Gasteiger partial charge in [0.1, 0.15) is 17.5 Å². The molecular formula is C19H26FN5. The molecule has 134 valence electrons. The number of nitrogens with zero attached hydrogens (tertiary/aromatic N) is 5. The Morgan fingerprint density at radius 1 is 1.24 bits per heavy atom. The minimum absolute atomic E-state index is 0.154. The van der Waals surface area contributed by atoms with Crippen molar-refractivity contribution < 1.29 is 4.39 Å². The van der Waals surface area contributed by atoms with Crippen LogP contribution in [0.1, 0.15) is 42.4 Å². The summed E-state index contributed by atoms with van der Waals surface area (Å²) in [6, 6.07) is 7.43. The Morgan fingerprint density at radius 3 is 2.84 bits per heavy atom. The van der Waals surface area contributed by atoms with E-state index in [0.717, 1.165) is 49.8 Å². The fourth-order valence-electron chi connectivity index (χ4n) is 3.77. The van der Waals surface area contributed by atoms with Gasteiger partial charge in [0, 0.05) is 38.6 Å². The molecule has 1 unspecified atom stereocenters. The first kappa shape index (κ1) is 16.7. The third-order valence-electron chi connectivity index (χ3n) is 5.50. The lowest BCUT2D eigenvalue weighted by Gasteiger charge is -2.24. The molecule has 5 nitrogen and oxygen atoms in total. The fraction of sp³-hybridized carbons (Fsp3) is 0.579. The van der Waals surface area contributed by atoms with Crippen LogP contribution in [0.5, 0.6) is 0 Å². The normalized spacial score (nSPS) is 21.4. The predicted molar refractivity (Wildman–Crippen MR) is 94.5 cm³/mol. The zero-order valence-electron chi connectivity index (χ0n) is 15.0.